The van der Waals surface area contributed by atoms with Gasteiger partial charge in [-0.1, -0.05) is 36.8 Å². The summed E-state index contributed by atoms with van der Waals surface area (Å²) in [5.41, 5.74) is -0.0762. The standard InChI is InChI=1S/C21H29FN2O4S2/c22-11-2-1-8-21(9-3-10-21)17(25)6-4-15-5-7-18(26)24(15)12-13-29-20-23-16(14-30-20)19(27)28/h4,6,14-15,17,25H,1-3,5,7-13H2,(H,27,28)/b6-4+/t15-,17+/m0/s1. The van der Waals surface area contributed by atoms with Gasteiger partial charge in [0.1, 0.15) is 0 Å². The lowest BCUT2D eigenvalue weighted by molar-refractivity contribution is -0.128. The van der Waals surface area contributed by atoms with Gasteiger partial charge in [-0.05, 0) is 37.5 Å². The molecule has 3 rings (SSSR count). The fraction of sp³-hybridized carbons (Fsp3) is 0.667. The SMILES string of the molecule is O=C(O)c1csc(SCCN2C(=O)CC[C@@H]2/C=C/[C@@H](O)C2(CCCCF)CCC2)n1. The van der Waals surface area contributed by atoms with Crippen molar-refractivity contribution in [2.45, 2.75) is 67.9 Å². The number of aromatic carboxylic acids is 1. The summed E-state index contributed by atoms with van der Waals surface area (Å²) >= 11 is 2.74. The Morgan fingerprint density at radius 2 is 2.27 bits per heavy atom. The van der Waals surface area contributed by atoms with Crippen LogP contribution < -0.4 is 0 Å². The summed E-state index contributed by atoms with van der Waals surface area (Å²) in [4.78, 5) is 29.1. The Labute approximate surface area is 184 Å². The summed E-state index contributed by atoms with van der Waals surface area (Å²) in [5, 5.41) is 21.2. The number of thiazole rings is 1. The summed E-state index contributed by atoms with van der Waals surface area (Å²) in [5.74, 6) is -0.296. The second-order valence-electron chi connectivity index (χ2n) is 8.04. The molecule has 1 amide bonds. The largest absolute Gasteiger partial charge is 0.476 e. The van der Waals surface area contributed by atoms with Gasteiger partial charge in [-0.25, -0.2) is 9.78 Å². The molecule has 2 heterocycles. The van der Waals surface area contributed by atoms with Gasteiger partial charge < -0.3 is 15.1 Å². The van der Waals surface area contributed by atoms with Crippen molar-refractivity contribution in [1.82, 2.24) is 9.88 Å². The van der Waals surface area contributed by atoms with Gasteiger partial charge in [-0.15, -0.1) is 11.3 Å². The molecule has 0 radical (unpaired) electrons. The first-order chi connectivity index (χ1) is 14.4. The number of carboxylic acid groups (broad SMARTS) is 1. The van der Waals surface area contributed by atoms with Crippen molar-refractivity contribution in [2.24, 2.45) is 5.41 Å². The molecule has 1 aromatic heterocycles. The highest BCUT2D eigenvalue weighted by Gasteiger charge is 2.41. The first-order valence-corrected chi connectivity index (χ1v) is 12.4. The highest BCUT2D eigenvalue weighted by Crippen LogP contribution is 2.48. The van der Waals surface area contributed by atoms with Gasteiger partial charge >= 0.3 is 5.97 Å². The molecule has 1 aliphatic heterocycles. The molecule has 1 saturated carbocycles. The molecule has 0 aromatic carbocycles. The van der Waals surface area contributed by atoms with Gasteiger partial charge in [0.05, 0.1) is 18.8 Å². The smallest absolute Gasteiger partial charge is 0.355 e. The minimum atomic E-state index is -1.04. The molecule has 1 saturated heterocycles. The number of aliphatic hydroxyl groups is 1. The minimum Gasteiger partial charge on any atom is -0.476 e. The van der Waals surface area contributed by atoms with Crippen LogP contribution in [0.2, 0.25) is 0 Å². The number of halogens is 1. The predicted octanol–water partition coefficient (Wildman–Crippen LogP) is 4.15. The normalized spacial score (nSPS) is 21.9. The number of unbranched alkanes of at least 4 members (excludes halogenated alkanes) is 1. The third-order valence-corrected chi connectivity index (χ3v) is 8.19. The Balaban J connectivity index is 1.51. The van der Waals surface area contributed by atoms with Crippen molar-refractivity contribution in [3.05, 3.63) is 23.2 Å². The van der Waals surface area contributed by atoms with Crippen LogP contribution in [0.15, 0.2) is 21.9 Å². The molecule has 2 N–H and O–H groups in total. The van der Waals surface area contributed by atoms with Gasteiger partial charge in [0.25, 0.3) is 0 Å². The third kappa shape index (κ3) is 5.62. The Morgan fingerprint density at radius 1 is 1.47 bits per heavy atom. The predicted molar refractivity (Wildman–Crippen MR) is 116 cm³/mol. The van der Waals surface area contributed by atoms with Crippen LogP contribution >= 0.6 is 23.1 Å². The maximum absolute atomic E-state index is 12.4. The van der Waals surface area contributed by atoms with Crippen molar-refractivity contribution >= 4 is 35.0 Å². The van der Waals surface area contributed by atoms with Crippen LogP contribution in [0, 0.1) is 5.41 Å². The first kappa shape index (κ1) is 23.2. The maximum Gasteiger partial charge on any atom is 0.355 e. The van der Waals surface area contributed by atoms with E-state index < -0.39 is 12.1 Å². The van der Waals surface area contributed by atoms with Gasteiger partial charge in [-0.2, -0.15) is 0 Å². The average Bonchev–Trinajstić information content (AvgIpc) is 3.30. The molecule has 166 valence electrons. The number of amides is 1. The average molecular weight is 457 g/mol. The molecule has 1 aliphatic carbocycles. The number of aliphatic hydroxyl groups excluding tert-OH is 1. The number of hydrogen-bond donors (Lipinski definition) is 2. The molecule has 9 heteroatoms. The first-order valence-electron chi connectivity index (χ1n) is 10.5. The van der Waals surface area contributed by atoms with E-state index in [9.17, 15) is 19.1 Å². The van der Waals surface area contributed by atoms with E-state index in [1.807, 2.05) is 17.1 Å². The summed E-state index contributed by atoms with van der Waals surface area (Å²) in [6, 6.07) is -0.0263. The van der Waals surface area contributed by atoms with Crippen molar-refractivity contribution in [1.29, 1.82) is 0 Å². The second-order valence-corrected chi connectivity index (χ2v) is 10.2. The Bertz CT molecular complexity index is 766. The lowest BCUT2D eigenvalue weighted by Crippen LogP contribution is -2.41. The van der Waals surface area contributed by atoms with E-state index in [0.717, 1.165) is 38.5 Å². The number of alkyl halides is 1. The van der Waals surface area contributed by atoms with Crippen LogP contribution in [0.1, 0.15) is 61.9 Å². The van der Waals surface area contributed by atoms with E-state index in [-0.39, 0.29) is 29.7 Å². The minimum absolute atomic E-state index is 0.0263. The second kappa shape index (κ2) is 10.7. The van der Waals surface area contributed by atoms with Crippen LogP contribution in [0.4, 0.5) is 4.39 Å². The summed E-state index contributed by atoms with van der Waals surface area (Å²) < 4.78 is 13.1. The van der Waals surface area contributed by atoms with Gasteiger partial charge in [-0.3, -0.25) is 9.18 Å². The van der Waals surface area contributed by atoms with Crippen LogP contribution in [0.3, 0.4) is 0 Å². The highest BCUT2D eigenvalue weighted by atomic mass is 32.2. The lowest BCUT2D eigenvalue weighted by atomic mass is 9.62. The molecular weight excluding hydrogens is 427 g/mol. The van der Waals surface area contributed by atoms with E-state index in [0.29, 0.717) is 29.5 Å². The topological polar surface area (TPSA) is 90.7 Å². The van der Waals surface area contributed by atoms with E-state index >= 15 is 0 Å². The van der Waals surface area contributed by atoms with Gasteiger partial charge in [0, 0.05) is 24.1 Å². The third-order valence-electron chi connectivity index (χ3n) is 6.19. The lowest BCUT2D eigenvalue weighted by Gasteiger charge is -2.45. The van der Waals surface area contributed by atoms with Crippen molar-refractivity contribution in [2.75, 3.05) is 19.0 Å². The number of carboxylic acids is 1. The fourth-order valence-corrected chi connectivity index (χ4v) is 6.04. The summed E-state index contributed by atoms with van der Waals surface area (Å²) in [6.45, 7) is 0.246. The van der Waals surface area contributed by atoms with Crippen molar-refractivity contribution in [3.8, 4) is 0 Å². The number of hydrogen-bond acceptors (Lipinski definition) is 6. The molecule has 2 atom stereocenters. The number of rotatable bonds is 12. The molecule has 6 nitrogen and oxygen atoms in total. The molecule has 30 heavy (non-hydrogen) atoms. The number of nitrogens with zero attached hydrogens (tertiary/aromatic N) is 2. The molecular formula is C21H29FN2O4S2. The quantitative estimate of drug-likeness (QED) is 0.279. The Morgan fingerprint density at radius 3 is 2.90 bits per heavy atom. The zero-order chi connectivity index (χ0) is 21.6. The monoisotopic (exact) mass is 456 g/mol. The highest BCUT2D eigenvalue weighted by molar-refractivity contribution is 8.01. The Hall–Kier alpha value is -1.45. The molecule has 0 unspecified atom stereocenters. The van der Waals surface area contributed by atoms with Crippen LogP contribution in [-0.4, -0.2) is 63.1 Å². The summed E-state index contributed by atoms with van der Waals surface area (Å²) in [6.07, 6.45) is 9.73. The van der Waals surface area contributed by atoms with Crippen LogP contribution in [0.25, 0.3) is 0 Å². The fourth-order valence-electron chi connectivity index (χ4n) is 4.23. The molecule has 1 aromatic rings. The van der Waals surface area contributed by atoms with E-state index in [1.54, 1.807) is 0 Å². The summed E-state index contributed by atoms with van der Waals surface area (Å²) in [7, 11) is 0. The van der Waals surface area contributed by atoms with Crippen molar-refractivity contribution < 1.29 is 24.2 Å². The van der Waals surface area contributed by atoms with E-state index in [4.69, 9.17) is 5.11 Å². The van der Waals surface area contributed by atoms with Crippen molar-refractivity contribution in [3.63, 3.8) is 0 Å². The number of thioether (sulfide) groups is 1. The molecule has 2 fully saturated rings. The van der Waals surface area contributed by atoms with Gasteiger partial charge in [0.2, 0.25) is 5.91 Å². The zero-order valence-corrected chi connectivity index (χ0v) is 18.6. The zero-order valence-electron chi connectivity index (χ0n) is 17.0. The van der Waals surface area contributed by atoms with E-state index in [2.05, 4.69) is 4.98 Å². The van der Waals surface area contributed by atoms with Crippen LogP contribution in [0.5, 0.6) is 0 Å². The molecule has 0 bridgehead atoms. The molecule has 0 spiro atoms. The maximum atomic E-state index is 12.4. The van der Waals surface area contributed by atoms with Crippen LogP contribution in [-0.2, 0) is 4.79 Å². The number of aromatic nitrogens is 1. The van der Waals surface area contributed by atoms with E-state index in [1.165, 1.54) is 28.5 Å². The molecule has 2 aliphatic rings. The Kier molecular flexibility index (Phi) is 8.30. The number of carbonyl (C=O) groups is 2. The van der Waals surface area contributed by atoms with Gasteiger partial charge in [0.15, 0.2) is 10.0 Å². The number of carbonyl (C=O) groups excluding carboxylic acids is 1. The number of likely N-dealkylation sites (tertiary alicyclic amines) is 1.